The summed E-state index contributed by atoms with van der Waals surface area (Å²) >= 11 is 6.42. The van der Waals surface area contributed by atoms with Crippen LogP contribution in [0.25, 0.3) is 32.9 Å². The molecule has 2 aromatic heterocycles. The first-order chi connectivity index (χ1) is 24.1. The SMILES string of the molecule is CN1CC[C@@H]1/C=C/C(=O)N1CC[C@@H](N(C)c2nc(OC[C@@]34CCCN3C[C@H](F)C4)nc3c(F)c(-c4cccc5ccc(F)c(Cl)c45)ncc23)C1. The van der Waals surface area contributed by atoms with Gasteiger partial charge in [-0.25, -0.2) is 13.2 Å². The minimum absolute atomic E-state index is 0.0135. The zero-order valence-corrected chi connectivity index (χ0v) is 28.8. The Labute approximate surface area is 293 Å². The van der Waals surface area contributed by atoms with Gasteiger partial charge in [-0.15, -0.1) is 0 Å². The maximum absolute atomic E-state index is 16.8. The summed E-state index contributed by atoms with van der Waals surface area (Å²) in [4.78, 5) is 35.1. The predicted molar refractivity (Wildman–Crippen MR) is 187 cm³/mol. The number of likely N-dealkylation sites (N-methyl/N-ethyl adjacent to an activating group) is 2. The van der Waals surface area contributed by atoms with Crippen molar-refractivity contribution in [3.63, 3.8) is 0 Å². The average molecular weight is 706 g/mol. The highest BCUT2D eigenvalue weighted by Crippen LogP contribution is 2.42. The maximum Gasteiger partial charge on any atom is 0.319 e. The molecule has 0 unspecified atom stereocenters. The summed E-state index contributed by atoms with van der Waals surface area (Å²) in [5, 5.41) is 1.23. The van der Waals surface area contributed by atoms with Crippen LogP contribution in [0.4, 0.5) is 19.0 Å². The van der Waals surface area contributed by atoms with Crippen molar-refractivity contribution in [2.75, 3.05) is 58.3 Å². The molecule has 0 bridgehead atoms. The highest BCUT2D eigenvalue weighted by Gasteiger charge is 2.49. The van der Waals surface area contributed by atoms with E-state index in [0.717, 1.165) is 32.4 Å². The van der Waals surface area contributed by atoms with Crippen LogP contribution in [-0.2, 0) is 4.79 Å². The third-order valence-electron chi connectivity index (χ3n) is 11.2. The van der Waals surface area contributed by atoms with E-state index in [4.69, 9.17) is 21.3 Å². The van der Waals surface area contributed by atoms with Crippen LogP contribution in [-0.4, -0.2) is 113 Å². The Kier molecular flexibility index (Phi) is 8.59. The molecular formula is C37H39ClF3N7O2. The molecule has 13 heteroatoms. The van der Waals surface area contributed by atoms with Crippen molar-refractivity contribution in [2.24, 2.45) is 0 Å². The highest BCUT2D eigenvalue weighted by molar-refractivity contribution is 6.36. The molecule has 0 saturated carbocycles. The van der Waals surface area contributed by atoms with E-state index in [-0.39, 0.29) is 46.8 Å². The van der Waals surface area contributed by atoms with Crippen LogP contribution >= 0.6 is 11.6 Å². The monoisotopic (exact) mass is 705 g/mol. The van der Waals surface area contributed by atoms with Crippen LogP contribution in [0.3, 0.4) is 0 Å². The zero-order chi connectivity index (χ0) is 34.7. The standard InChI is InChI=1S/C37H39ClF3N7O2/c1-45-15-11-24(45)8-10-29(49)47-16-12-25(20-47)46(2)35-27-18-42-33(26-6-3-5-22-7-9-28(40)31(38)30(22)26)32(41)34(27)43-36(44-35)50-21-37-13-4-14-48(37)19-23(39)17-37/h3,5-10,18,23-25H,4,11-17,19-21H2,1-2H3/b10-8+/t23-,24+,25-,37+/m1/s1. The van der Waals surface area contributed by atoms with Crippen molar-refractivity contribution in [2.45, 2.75) is 55.9 Å². The molecule has 1 amide bonds. The van der Waals surface area contributed by atoms with Crippen molar-refractivity contribution in [3.8, 4) is 17.3 Å². The normalized spacial score (nSPS) is 25.6. The van der Waals surface area contributed by atoms with E-state index in [1.165, 1.54) is 12.3 Å². The van der Waals surface area contributed by atoms with Gasteiger partial charge < -0.3 is 14.5 Å². The van der Waals surface area contributed by atoms with Gasteiger partial charge in [0.25, 0.3) is 0 Å². The Morgan fingerprint density at radius 1 is 1.14 bits per heavy atom. The van der Waals surface area contributed by atoms with E-state index in [9.17, 15) is 13.6 Å². The third kappa shape index (κ3) is 5.75. The van der Waals surface area contributed by atoms with Crippen molar-refractivity contribution in [1.82, 2.24) is 29.7 Å². The number of fused-ring (bicyclic) bond motifs is 3. The Morgan fingerprint density at radius 2 is 2.00 bits per heavy atom. The molecule has 2 aromatic carbocycles. The first-order valence-electron chi connectivity index (χ1n) is 17.3. The van der Waals surface area contributed by atoms with Gasteiger partial charge in [-0.3, -0.25) is 19.6 Å². The lowest BCUT2D eigenvalue weighted by Gasteiger charge is -2.35. The number of rotatable bonds is 8. The van der Waals surface area contributed by atoms with Crippen molar-refractivity contribution < 1.29 is 22.7 Å². The maximum atomic E-state index is 16.8. The van der Waals surface area contributed by atoms with Gasteiger partial charge in [-0.1, -0.05) is 41.9 Å². The number of ether oxygens (including phenoxy) is 1. The molecule has 4 saturated heterocycles. The molecular weight excluding hydrogens is 667 g/mol. The second-order valence-corrected chi connectivity index (χ2v) is 14.6. The van der Waals surface area contributed by atoms with Gasteiger partial charge in [-0.05, 0) is 50.7 Å². The molecule has 4 aromatic rings. The molecule has 8 rings (SSSR count). The summed E-state index contributed by atoms with van der Waals surface area (Å²) < 4.78 is 52.2. The number of halogens is 4. The van der Waals surface area contributed by atoms with Gasteiger partial charge in [0.15, 0.2) is 5.82 Å². The van der Waals surface area contributed by atoms with E-state index >= 15 is 4.39 Å². The molecule has 0 radical (unpaired) electrons. The number of hydrogen-bond donors (Lipinski definition) is 0. The number of carbonyl (C=O) groups excluding carboxylic acids is 1. The van der Waals surface area contributed by atoms with E-state index in [1.807, 2.05) is 30.0 Å². The van der Waals surface area contributed by atoms with Crippen LogP contribution in [0, 0.1) is 11.6 Å². The first kappa shape index (κ1) is 33.2. The molecule has 4 atom stereocenters. The number of benzene rings is 2. The van der Waals surface area contributed by atoms with Crippen LogP contribution < -0.4 is 9.64 Å². The highest BCUT2D eigenvalue weighted by atomic mass is 35.5. The van der Waals surface area contributed by atoms with Gasteiger partial charge in [0, 0.05) is 75.0 Å². The summed E-state index contributed by atoms with van der Waals surface area (Å²) in [7, 11) is 3.91. The molecule has 50 heavy (non-hydrogen) atoms. The van der Waals surface area contributed by atoms with Crippen molar-refractivity contribution in [3.05, 3.63) is 65.3 Å². The lowest BCUT2D eigenvalue weighted by molar-refractivity contribution is -0.125. The molecule has 6 heterocycles. The Morgan fingerprint density at radius 3 is 2.80 bits per heavy atom. The number of pyridine rings is 1. The molecule has 0 N–H and O–H groups in total. The number of hydrogen-bond acceptors (Lipinski definition) is 8. The van der Waals surface area contributed by atoms with Crippen molar-refractivity contribution >= 4 is 45.0 Å². The summed E-state index contributed by atoms with van der Waals surface area (Å²) in [6, 6.07) is 8.19. The molecule has 0 aliphatic carbocycles. The van der Waals surface area contributed by atoms with E-state index in [0.29, 0.717) is 60.0 Å². The summed E-state index contributed by atoms with van der Waals surface area (Å²) in [5.74, 6) is -0.973. The fourth-order valence-corrected chi connectivity index (χ4v) is 8.48. The minimum Gasteiger partial charge on any atom is -0.461 e. The lowest BCUT2D eigenvalue weighted by atomic mass is 9.95. The lowest BCUT2D eigenvalue weighted by Crippen LogP contribution is -2.43. The van der Waals surface area contributed by atoms with Gasteiger partial charge in [-0.2, -0.15) is 9.97 Å². The number of amides is 1. The average Bonchev–Trinajstić information content (AvgIpc) is 3.83. The number of alkyl halides is 1. The van der Waals surface area contributed by atoms with Gasteiger partial charge in [0.05, 0.1) is 15.9 Å². The molecule has 4 aliphatic heterocycles. The minimum atomic E-state index is -0.931. The largest absolute Gasteiger partial charge is 0.461 e. The van der Waals surface area contributed by atoms with E-state index in [1.54, 1.807) is 30.3 Å². The number of aromatic nitrogens is 3. The predicted octanol–water partition coefficient (Wildman–Crippen LogP) is 6.03. The Hall–Kier alpha value is -4.00. The van der Waals surface area contributed by atoms with Crippen LogP contribution in [0.2, 0.25) is 5.02 Å². The summed E-state index contributed by atoms with van der Waals surface area (Å²) in [6.45, 7) is 3.41. The van der Waals surface area contributed by atoms with Crippen LogP contribution in [0.1, 0.15) is 32.1 Å². The number of nitrogens with zero attached hydrogens (tertiary/aromatic N) is 7. The molecule has 0 spiro atoms. The molecule has 9 nitrogen and oxygen atoms in total. The van der Waals surface area contributed by atoms with Gasteiger partial charge in [0.2, 0.25) is 5.91 Å². The second kappa shape index (κ2) is 13.0. The first-order valence-corrected chi connectivity index (χ1v) is 17.6. The Balaban J connectivity index is 1.16. The fourth-order valence-electron chi connectivity index (χ4n) is 8.21. The quantitative estimate of drug-likeness (QED) is 0.206. The molecule has 4 fully saturated rings. The molecule has 262 valence electrons. The zero-order valence-electron chi connectivity index (χ0n) is 28.1. The van der Waals surface area contributed by atoms with E-state index in [2.05, 4.69) is 19.8 Å². The summed E-state index contributed by atoms with van der Waals surface area (Å²) in [5.41, 5.74) is -0.176. The fraction of sp³-hybridized carbons (Fsp3) is 0.459. The van der Waals surface area contributed by atoms with Crippen molar-refractivity contribution in [1.29, 1.82) is 0 Å². The van der Waals surface area contributed by atoms with Gasteiger partial charge in [0.1, 0.15) is 35.6 Å². The second-order valence-electron chi connectivity index (χ2n) is 14.2. The third-order valence-corrected chi connectivity index (χ3v) is 11.6. The topological polar surface area (TPSA) is 77.9 Å². The van der Waals surface area contributed by atoms with E-state index < -0.39 is 23.3 Å². The smallest absolute Gasteiger partial charge is 0.319 e. The summed E-state index contributed by atoms with van der Waals surface area (Å²) in [6.07, 6.45) is 8.06. The number of carbonyl (C=O) groups is 1. The number of likely N-dealkylation sites (tertiary alicyclic amines) is 2. The van der Waals surface area contributed by atoms with Crippen LogP contribution in [0.15, 0.2) is 48.7 Å². The molecule has 4 aliphatic rings. The van der Waals surface area contributed by atoms with Gasteiger partial charge >= 0.3 is 6.01 Å². The van der Waals surface area contributed by atoms with Crippen LogP contribution in [0.5, 0.6) is 6.01 Å². The Bertz CT molecular complexity index is 2020. The number of anilines is 1.